The Bertz CT molecular complexity index is 505. The maximum Gasteiger partial charge on any atom is 0.126 e. The number of aryl methyl sites for hydroxylation is 1. The molecule has 0 bridgehead atoms. The molecule has 0 amide bonds. The smallest absolute Gasteiger partial charge is 0.126 e. The average molecular weight is 263 g/mol. The lowest BCUT2D eigenvalue weighted by molar-refractivity contribution is 0.607. The molecule has 0 aliphatic rings. The maximum atomic E-state index is 13.5. The Kier molecular flexibility index (Phi) is 4.38. The molecule has 2 rings (SSSR count). The molecule has 2 heteroatoms. The first kappa shape index (κ1) is 13.1. The first-order valence-corrected chi connectivity index (χ1v) is 6.60. The molecule has 0 N–H and O–H groups in total. The van der Waals surface area contributed by atoms with Gasteiger partial charge in [-0.05, 0) is 35.6 Å². The van der Waals surface area contributed by atoms with Crippen LogP contribution in [0.25, 0.3) is 0 Å². The minimum Gasteiger partial charge on any atom is -0.207 e. The number of rotatable bonds is 4. The Hall–Kier alpha value is -1.34. The van der Waals surface area contributed by atoms with Crippen molar-refractivity contribution in [2.45, 2.75) is 25.1 Å². The fourth-order valence-electron chi connectivity index (χ4n) is 1.94. The lowest BCUT2D eigenvalue weighted by atomic mass is 10.0. The standard InChI is InChI=1S/C16H16ClF/c1-2-12-7-9-13(10-8-12)15(17)11-14-5-3-4-6-16(14)18/h3-10,15H,2,11H2,1H3. The summed E-state index contributed by atoms with van der Waals surface area (Å²) in [5, 5.41) is -0.187. The highest BCUT2D eigenvalue weighted by Gasteiger charge is 2.11. The van der Waals surface area contributed by atoms with Gasteiger partial charge in [0, 0.05) is 0 Å². The second-order valence-corrected chi connectivity index (χ2v) is 4.89. The van der Waals surface area contributed by atoms with Crippen molar-refractivity contribution in [3.05, 3.63) is 71.0 Å². The van der Waals surface area contributed by atoms with Crippen molar-refractivity contribution in [1.82, 2.24) is 0 Å². The Labute approximate surface area is 112 Å². The molecular formula is C16H16ClF. The van der Waals surface area contributed by atoms with Crippen LogP contribution in [0.15, 0.2) is 48.5 Å². The minimum atomic E-state index is -0.187. The van der Waals surface area contributed by atoms with Crippen molar-refractivity contribution in [3.8, 4) is 0 Å². The molecular weight excluding hydrogens is 247 g/mol. The quantitative estimate of drug-likeness (QED) is 0.687. The third-order valence-corrected chi connectivity index (χ3v) is 3.51. The van der Waals surface area contributed by atoms with Gasteiger partial charge in [-0.25, -0.2) is 4.39 Å². The number of halogens is 2. The molecule has 2 aromatic carbocycles. The first-order valence-electron chi connectivity index (χ1n) is 6.17. The van der Waals surface area contributed by atoms with E-state index >= 15 is 0 Å². The predicted molar refractivity (Wildman–Crippen MR) is 74.5 cm³/mol. The molecule has 94 valence electrons. The lowest BCUT2D eigenvalue weighted by Crippen LogP contribution is -1.98. The van der Waals surface area contributed by atoms with Crippen molar-refractivity contribution in [2.24, 2.45) is 0 Å². The zero-order valence-corrected chi connectivity index (χ0v) is 11.1. The van der Waals surface area contributed by atoms with Crippen LogP contribution in [0.3, 0.4) is 0 Å². The van der Waals surface area contributed by atoms with Crippen molar-refractivity contribution in [1.29, 1.82) is 0 Å². The van der Waals surface area contributed by atoms with Gasteiger partial charge in [0.15, 0.2) is 0 Å². The molecule has 1 atom stereocenters. The van der Waals surface area contributed by atoms with E-state index in [-0.39, 0.29) is 11.2 Å². The zero-order valence-electron chi connectivity index (χ0n) is 10.4. The Morgan fingerprint density at radius 1 is 1.06 bits per heavy atom. The van der Waals surface area contributed by atoms with Crippen LogP contribution in [0.1, 0.15) is 29.0 Å². The van der Waals surface area contributed by atoms with Gasteiger partial charge in [-0.1, -0.05) is 49.4 Å². The van der Waals surface area contributed by atoms with Crippen LogP contribution >= 0.6 is 11.6 Å². The SMILES string of the molecule is CCc1ccc(C(Cl)Cc2ccccc2F)cc1. The molecule has 18 heavy (non-hydrogen) atoms. The summed E-state index contributed by atoms with van der Waals surface area (Å²) >= 11 is 6.34. The van der Waals surface area contributed by atoms with Crippen LogP contribution in [0.4, 0.5) is 4.39 Å². The summed E-state index contributed by atoms with van der Waals surface area (Å²) in [5.74, 6) is -0.187. The van der Waals surface area contributed by atoms with Crippen molar-refractivity contribution < 1.29 is 4.39 Å². The molecule has 0 spiro atoms. The highest BCUT2D eigenvalue weighted by atomic mass is 35.5. The van der Waals surface area contributed by atoms with Crippen molar-refractivity contribution in [3.63, 3.8) is 0 Å². The van der Waals surface area contributed by atoms with E-state index in [9.17, 15) is 4.39 Å². The Morgan fingerprint density at radius 2 is 1.72 bits per heavy atom. The molecule has 0 heterocycles. The number of alkyl halides is 1. The predicted octanol–water partition coefficient (Wildman–Crippen LogP) is 4.91. The van der Waals surface area contributed by atoms with Gasteiger partial charge >= 0.3 is 0 Å². The summed E-state index contributed by atoms with van der Waals surface area (Å²) in [4.78, 5) is 0. The highest BCUT2D eigenvalue weighted by Crippen LogP contribution is 2.26. The average Bonchev–Trinajstić information content (AvgIpc) is 2.41. The van der Waals surface area contributed by atoms with Gasteiger partial charge in [-0.2, -0.15) is 0 Å². The van der Waals surface area contributed by atoms with Gasteiger partial charge in [0.05, 0.1) is 5.38 Å². The van der Waals surface area contributed by atoms with Gasteiger partial charge in [-0.3, -0.25) is 0 Å². The minimum absolute atomic E-state index is 0.187. The Morgan fingerprint density at radius 3 is 2.33 bits per heavy atom. The largest absolute Gasteiger partial charge is 0.207 e. The summed E-state index contributed by atoms with van der Waals surface area (Å²) in [6.07, 6.45) is 1.53. The maximum absolute atomic E-state index is 13.5. The van der Waals surface area contributed by atoms with E-state index < -0.39 is 0 Å². The van der Waals surface area contributed by atoms with E-state index in [0.29, 0.717) is 12.0 Å². The summed E-state index contributed by atoms with van der Waals surface area (Å²) in [5.41, 5.74) is 2.99. The molecule has 0 saturated carbocycles. The normalized spacial score (nSPS) is 12.4. The fourth-order valence-corrected chi connectivity index (χ4v) is 2.25. The summed E-state index contributed by atoms with van der Waals surface area (Å²) in [7, 11) is 0. The second-order valence-electron chi connectivity index (χ2n) is 4.36. The van der Waals surface area contributed by atoms with E-state index in [1.165, 1.54) is 11.6 Å². The van der Waals surface area contributed by atoms with Gasteiger partial charge in [-0.15, -0.1) is 11.6 Å². The molecule has 0 radical (unpaired) electrons. The lowest BCUT2D eigenvalue weighted by Gasteiger charge is -2.11. The number of hydrogen-bond acceptors (Lipinski definition) is 0. The second kappa shape index (κ2) is 6.01. The van der Waals surface area contributed by atoms with E-state index in [4.69, 9.17) is 11.6 Å². The fraction of sp³-hybridized carbons (Fsp3) is 0.250. The monoisotopic (exact) mass is 262 g/mol. The summed E-state index contributed by atoms with van der Waals surface area (Å²) in [6, 6.07) is 15.0. The first-order chi connectivity index (χ1) is 8.70. The molecule has 2 aromatic rings. The third-order valence-electron chi connectivity index (χ3n) is 3.11. The zero-order chi connectivity index (χ0) is 13.0. The van der Waals surface area contributed by atoms with Crippen LogP contribution in [-0.2, 0) is 12.8 Å². The van der Waals surface area contributed by atoms with Crippen LogP contribution < -0.4 is 0 Å². The molecule has 0 aliphatic carbocycles. The number of benzene rings is 2. The van der Waals surface area contributed by atoms with Crippen molar-refractivity contribution in [2.75, 3.05) is 0 Å². The van der Waals surface area contributed by atoms with Crippen LogP contribution in [0, 0.1) is 5.82 Å². The summed E-state index contributed by atoms with van der Waals surface area (Å²) < 4.78 is 13.5. The third kappa shape index (κ3) is 3.11. The highest BCUT2D eigenvalue weighted by molar-refractivity contribution is 6.20. The van der Waals surface area contributed by atoms with Gasteiger partial charge < -0.3 is 0 Å². The molecule has 1 unspecified atom stereocenters. The number of hydrogen-bond donors (Lipinski definition) is 0. The molecule has 0 nitrogen and oxygen atoms in total. The van der Waals surface area contributed by atoms with Gasteiger partial charge in [0.2, 0.25) is 0 Å². The molecule has 0 aromatic heterocycles. The van der Waals surface area contributed by atoms with E-state index in [1.807, 2.05) is 18.2 Å². The topological polar surface area (TPSA) is 0 Å². The van der Waals surface area contributed by atoms with Crippen molar-refractivity contribution >= 4 is 11.6 Å². The van der Waals surface area contributed by atoms with E-state index in [2.05, 4.69) is 19.1 Å². The van der Waals surface area contributed by atoms with E-state index in [0.717, 1.165) is 12.0 Å². The summed E-state index contributed by atoms with van der Waals surface area (Å²) in [6.45, 7) is 2.12. The Balaban J connectivity index is 2.11. The van der Waals surface area contributed by atoms with Crippen LogP contribution in [0.2, 0.25) is 0 Å². The van der Waals surface area contributed by atoms with Crippen LogP contribution in [0.5, 0.6) is 0 Å². The molecule has 0 fully saturated rings. The molecule has 0 saturated heterocycles. The molecule has 0 aliphatic heterocycles. The van der Waals surface area contributed by atoms with Gasteiger partial charge in [0.25, 0.3) is 0 Å². The van der Waals surface area contributed by atoms with Crippen LogP contribution in [-0.4, -0.2) is 0 Å². The van der Waals surface area contributed by atoms with Gasteiger partial charge in [0.1, 0.15) is 5.82 Å². The van der Waals surface area contributed by atoms with E-state index in [1.54, 1.807) is 12.1 Å².